The second-order valence-electron chi connectivity index (χ2n) is 3.80. The van der Waals surface area contributed by atoms with Crippen LogP contribution in [0.25, 0.3) is 0 Å². The molecule has 3 nitrogen and oxygen atoms in total. The van der Waals surface area contributed by atoms with Crippen LogP contribution in [0.2, 0.25) is 5.02 Å². The summed E-state index contributed by atoms with van der Waals surface area (Å²) in [7, 11) is 1.58. The molecule has 2 rings (SSSR count). The largest absolute Gasteiger partial charge is 0.495 e. The van der Waals surface area contributed by atoms with Gasteiger partial charge in [-0.1, -0.05) is 17.7 Å². The topological polar surface area (TPSA) is 48.4 Å². The predicted octanol–water partition coefficient (Wildman–Crippen LogP) is 3.30. The fourth-order valence-corrected chi connectivity index (χ4v) is 2.04. The van der Waals surface area contributed by atoms with E-state index in [9.17, 15) is 0 Å². The highest BCUT2D eigenvalue weighted by Gasteiger charge is 2.14. The van der Waals surface area contributed by atoms with Crippen molar-refractivity contribution in [3.8, 4) is 5.75 Å². The number of hydrogen-bond acceptors (Lipinski definition) is 3. The first-order valence-electron chi connectivity index (χ1n) is 5.26. The van der Waals surface area contributed by atoms with Crippen LogP contribution < -0.4 is 10.5 Å². The Kier molecular flexibility index (Phi) is 3.41. The van der Waals surface area contributed by atoms with Gasteiger partial charge >= 0.3 is 0 Å². The summed E-state index contributed by atoms with van der Waals surface area (Å²) in [5, 5.41) is 0.557. The Labute approximate surface area is 105 Å². The SMILES string of the molecule is COc1ccc(C(N)c2ccoc2C)cc1Cl. The Morgan fingerprint density at radius 2 is 2.12 bits per heavy atom. The third kappa shape index (κ3) is 2.30. The van der Waals surface area contributed by atoms with E-state index in [2.05, 4.69) is 0 Å². The maximum Gasteiger partial charge on any atom is 0.137 e. The molecule has 1 aromatic heterocycles. The summed E-state index contributed by atoms with van der Waals surface area (Å²) in [6.07, 6.45) is 1.63. The van der Waals surface area contributed by atoms with Crippen molar-refractivity contribution in [3.63, 3.8) is 0 Å². The van der Waals surface area contributed by atoms with Gasteiger partial charge in [0.25, 0.3) is 0 Å². The fourth-order valence-electron chi connectivity index (χ4n) is 1.77. The van der Waals surface area contributed by atoms with Crippen molar-refractivity contribution < 1.29 is 9.15 Å². The van der Waals surface area contributed by atoms with Gasteiger partial charge in [-0.25, -0.2) is 0 Å². The molecular weight excluding hydrogens is 238 g/mol. The highest BCUT2D eigenvalue weighted by molar-refractivity contribution is 6.32. The van der Waals surface area contributed by atoms with E-state index in [0.717, 1.165) is 16.9 Å². The lowest BCUT2D eigenvalue weighted by Crippen LogP contribution is -2.12. The average molecular weight is 252 g/mol. The molecule has 17 heavy (non-hydrogen) atoms. The third-order valence-electron chi connectivity index (χ3n) is 2.77. The Bertz CT molecular complexity index is 522. The fraction of sp³-hybridized carbons (Fsp3) is 0.231. The van der Waals surface area contributed by atoms with Gasteiger partial charge in [0.05, 0.1) is 24.4 Å². The van der Waals surface area contributed by atoms with Crippen LogP contribution in [0.3, 0.4) is 0 Å². The van der Waals surface area contributed by atoms with Crippen LogP contribution in [0.1, 0.15) is 22.9 Å². The molecule has 0 bridgehead atoms. The second kappa shape index (κ2) is 4.82. The van der Waals surface area contributed by atoms with E-state index >= 15 is 0 Å². The molecule has 0 fully saturated rings. The van der Waals surface area contributed by atoms with Crippen molar-refractivity contribution in [3.05, 3.63) is 52.4 Å². The Morgan fingerprint density at radius 1 is 1.35 bits per heavy atom. The van der Waals surface area contributed by atoms with Gasteiger partial charge in [-0.15, -0.1) is 0 Å². The number of furan rings is 1. The molecule has 0 aliphatic carbocycles. The van der Waals surface area contributed by atoms with E-state index in [4.69, 9.17) is 26.5 Å². The zero-order valence-corrected chi connectivity index (χ0v) is 10.5. The average Bonchev–Trinajstić information content (AvgIpc) is 2.74. The molecule has 0 saturated carbocycles. The highest BCUT2D eigenvalue weighted by atomic mass is 35.5. The first-order valence-corrected chi connectivity index (χ1v) is 5.64. The van der Waals surface area contributed by atoms with Crippen LogP contribution in [0, 0.1) is 6.92 Å². The number of rotatable bonds is 3. The summed E-state index contributed by atoms with van der Waals surface area (Å²) >= 11 is 6.07. The minimum atomic E-state index is -0.239. The zero-order valence-electron chi connectivity index (χ0n) is 9.74. The van der Waals surface area contributed by atoms with Gasteiger partial charge in [-0.2, -0.15) is 0 Å². The molecule has 0 spiro atoms. The summed E-state index contributed by atoms with van der Waals surface area (Å²) in [5.41, 5.74) is 8.06. The molecule has 0 radical (unpaired) electrons. The van der Waals surface area contributed by atoms with Gasteiger partial charge in [-0.05, 0) is 30.7 Å². The Balaban J connectivity index is 2.35. The Hall–Kier alpha value is -1.45. The number of halogens is 1. The molecule has 1 unspecified atom stereocenters. The van der Waals surface area contributed by atoms with Gasteiger partial charge in [0.1, 0.15) is 11.5 Å². The molecule has 0 aliphatic rings. The monoisotopic (exact) mass is 251 g/mol. The minimum absolute atomic E-state index is 0.239. The van der Waals surface area contributed by atoms with Crippen molar-refractivity contribution in [1.82, 2.24) is 0 Å². The lowest BCUT2D eigenvalue weighted by Gasteiger charge is -2.13. The molecule has 90 valence electrons. The predicted molar refractivity (Wildman–Crippen MR) is 67.5 cm³/mol. The van der Waals surface area contributed by atoms with Crippen LogP contribution in [0.4, 0.5) is 0 Å². The molecule has 0 amide bonds. The maximum atomic E-state index is 6.16. The molecule has 2 N–H and O–H groups in total. The summed E-state index contributed by atoms with van der Waals surface area (Å²) < 4.78 is 10.3. The summed E-state index contributed by atoms with van der Waals surface area (Å²) in [4.78, 5) is 0. The van der Waals surface area contributed by atoms with E-state index in [0.29, 0.717) is 10.8 Å². The molecular formula is C13H14ClNO2. The normalized spacial score (nSPS) is 12.5. The van der Waals surface area contributed by atoms with E-state index < -0.39 is 0 Å². The number of hydrogen-bond donors (Lipinski definition) is 1. The molecule has 1 heterocycles. The summed E-state index contributed by atoms with van der Waals surface area (Å²) in [5.74, 6) is 1.47. The lowest BCUT2D eigenvalue weighted by atomic mass is 10.0. The van der Waals surface area contributed by atoms with Crippen LogP contribution >= 0.6 is 11.6 Å². The first-order chi connectivity index (χ1) is 8.13. The zero-order chi connectivity index (χ0) is 12.4. The van der Waals surface area contributed by atoms with Crippen LogP contribution in [-0.2, 0) is 0 Å². The molecule has 0 aliphatic heterocycles. The van der Waals surface area contributed by atoms with Gasteiger partial charge in [0, 0.05) is 5.56 Å². The lowest BCUT2D eigenvalue weighted by molar-refractivity contribution is 0.415. The van der Waals surface area contributed by atoms with Crippen molar-refractivity contribution in [1.29, 1.82) is 0 Å². The van der Waals surface area contributed by atoms with Crippen molar-refractivity contribution in [2.75, 3.05) is 7.11 Å². The smallest absolute Gasteiger partial charge is 0.137 e. The first kappa shape index (κ1) is 12.0. The summed E-state index contributed by atoms with van der Waals surface area (Å²) in [6, 6.07) is 7.17. The minimum Gasteiger partial charge on any atom is -0.495 e. The maximum absolute atomic E-state index is 6.16. The highest BCUT2D eigenvalue weighted by Crippen LogP contribution is 2.30. The number of benzene rings is 1. The quantitative estimate of drug-likeness (QED) is 0.911. The Morgan fingerprint density at radius 3 is 2.65 bits per heavy atom. The van der Waals surface area contributed by atoms with E-state index in [1.54, 1.807) is 13.4 Å². The van der Waals surface area contributed by atoms with Crippen LogP contribution in [-0.4, -0.2) is 7.11 Å². The molecule has 1 aromatic carbocycles. The van der Waals surface area contributed by atoms with Gasteiger partial charge < -0.3 is 14.9 Å². The van der Waals surface area contributed by atoms with Crippen molar-refractivity contribution in [2.24, 2.45) is 5.73 Å². The molecule has 2 aromatic rings. The van der Waals surface area contributed by atoms with E-state index in [1.165, 1.54) is 0 Å². The van der Waals surface area contributed by atoms with Crippen LogP contribution in [0.5, 0.6) is 5.75 Å². The van der Waals surface area contributed by atoms with E-state index in [-0.39, 0.29) is 6.04 Å². The van der Waals surface area contributed by atoms with Gasteiger partial charge in [-0.3, -0.25) is 0 Å². The van der Waals surface area contributed by atoms with Gasteiger partial charge in [0.15, 0.2) is 0 Å². The third-order valence-corrected chi connectivity index (χ3v) is 3.06. The summed E-state index contributed by atoms with van der Waals surface area (Å²) in [6.45, 7) is 1.89. The number of methoxy groups -OCH3 is 1. The second-order valence-corrected chi connectivity index (χ2v) is 4.21. The van der Waals surface area contributed by atoms with Crippen molar-refractivity contribution in [2.45, 2.75) is 13.0 Å². The standard InChI is InChI=1S/C13H14ClNO2/c1-8-10(5-6-17-8)13(15)9-3-4-12(16-2)11(14)7-9/h3-7,13H,15H2,1-2H3. The number of nitrogens with two attached hydrogens (primary N) is 1. The molecule has 4 heteroatoms. The van der Waals surface area contributed by atoms with Crippen LogP contribution in [0.15, 0.2) is 34.9 Å². The number of ether oxygens (including phenoxy) is 1. The van der Waals surface area contributed by atoms with E-state index in [1.807, 2.05) is 31.2 Å². The van der Waals surface area contributed by atoms with Gasteiger partial charge in [0.2, 0.25) is 0 Å². The number of aryl methyl sites for hydroxylation is 1. The molecule has 1 atom stereocenters. The van der Waals surface area contributed by atoms with Crippen molar-refractivity contribution >= 4 is 11.6 Å². The molecule has 0 saturated heterocycles.